The highest BCUT2D eigenvalue weighted by atomic mass is 16.3. The summed E-state index contributed by atoms with van der Waals surface area (Å²) in [5.41, 5.74) is 4.47. The Hall–Kier alpha value is -3.14. The van der Waals surface area contributed by atoms with Gasteiger partial charge in [-0.2, -0.15) is 5.10 Å². The first-order valence-electron chi connectivity index (χ1n) is 8.34. The Morgan fingerprint density at radius 1 is 0.920 bits per heavy atom. The number of hydrazone groups is 1. The zero-order valence-corrected chi connectivity index (χ0v) is 14.2. The number of nitrogens with zero attached hydrogens (tertiary/aromatic N) is 3. The highest BCUT2D eigenvalue weighted by molar-refractivity contribution is 6.17. The first kappa shape index (κ1) is 15.4. The molecule has 2 aromatic carbocycles. The molecule has 4 nitrogen and oxygen atoms in total. The van der Waals surface area contributed by atoms with Crippen LogP contribution in [0.4, 0.5) is 0 Å². The Labute approximate surface area is 147 Å². The molecule has 0 amide bonds. The summed E-state index contributed by atoms with van der Waals surface area (Å²) < 4.78 is 0. The molecule has 2 heterocycles. The van der Waals surface area contributed by atoms with Gasteiger partial charge in [0.2, 0.25) is 0 Å². The Kier molecular flexibility index (Phi) is 3.73. The number of hydrogen-bond donors (Lipinski definition) is 1. The molecular weight excluding hydrogens is 310 g/mol. The van der Waals surface area contributed by atoms with Crippen LogP contribution in [0.25, 0.3) is 5.70 Å². The van der Waals surface area contributed by atoms with Gasteiger partial charge in [-0.25, -0.2) is 10.0 Å². The summed E-state index contributed by atoms with van der Waals surface area (Å²) in [6.07, 6.45) is 2.04. The van der Waals surface area contributed by atoms with Crippen LogP contribution in [0.1, 0.15) is 25.0 Å². The number of aliphatic hydroxyl groups excluding tert-OH is 1. The summed E-state index contributed by atoms with van der Waals surface area (Å²) in [6, 6.07) is 19.5. The van der Waals surface area contributed by atoms with E-state index in [9.17, 15) is 5.11 Å². The van der Waals surface area contributed by atoms with E-state index in [2.05, 4.69) is 0 Å². The summed E-state index contributed by atoms with van der Waals surface area (Å²) in [5.74, 6) is 1.02. The number of allylic oxidation sites excluding steroid dienone is 1. The number of amidine groups is 1. The first-order chi connectivity index (χ1) is 12.1. The van der Waals surface area contributed by atoms with Gasteiger partial charge in [0.25, 0.3) is 0 Å². The molecule has 1 N–H and O–H groups in total. The number of aliphatic hydroxyl groups is 1. The molecule has 0 bridgehead atoms. The maximum Gasteiger partial charge on any atom is 0.153 e. The van der Waals surface area contributed by atoms with Crippen LogP contribution >= 0.6 is 0 Å². The molecule has 0 saturated heterocycles. The van der Waals surface area contributed by atoms with Gasteiger partial charge < -0.3 is 5.11 Å². The van der Waals surface area contributed by atoms with Crippen molar-refractivity contribution in [3.8, 4) is 0 Å². The van der Waals surface area contributed by atoms with Crippen molar-refractivity contribution in [2.45, 2.75) is 19.9 Å². The SMILES string of the molecule is CC1=CC(c2ccccc2)=NN2C1=NC(c1ccccc1)=C(O)C2C. The third-order valence-electron chi connectivity index (χ3n) is 4.48. The lowest BCUT2D eigenvalue weighted by Crippen LogP contribution is -2.42. The minimum Gasteiger partial charge on any atom is -0.508 e. The minimum absolute atomic E-state index is 0.237. The Morgan fingerprint density at radius 3 is 2.16 bits per heavy atom. The van der Waals surface area contributed by atoms with E-state index in [1.165, 1.54) is 0 Å². The quantitative estimate of drug-likeness (QED) is 0.889. The molecular formula is C21H19N3O. The van der Waals surface area contributed by atoms with Crippen molar-refractivity contribution >= 4 is 17.2 Å². The zero-order valence-electron chi connectivity index (χ0n) is 14.2. The van der Waals surface area contributed by atoms with Gasteiger partial charge in [0, 0.05) is 11.1 Å². The van der Waals surface area contributed by atoms with E-state index in [1.807, 2.05) is 80.6 Å². The van der Waals surface area contributed by atoms with E-state index in [0.29, 0.717) is 5.70 Å². The third-order valence-corrected chi connectivity index (χ3v) is 4.48. The van der Waals surface area contributed by atoms with Gasteiger partial charge in [0.1, 0.15) is 17.5 Å². The molecule has 0 aliphatic carbocycles. The summed E-state index contributed by atoms with van der Waals surface area (Å²) >= 11 is 0. The van der Waals surface area contributed by atoms with Crippen LogP contribution in [0, 0.1) is 0 Å². The van der Waals surface area contributed by atoms with E-state index >= 15 is 0 Å². The van der Waals surface area contributed by atoms with Gasteiger partial charge in [-0.3, -0.25) is 0 Å². The molecule has 0 saturated carbocycles. The van der Waals surface area contributed by atoms with Crippen LogP contribution in [0.5, 0.6) is 0 Å². The van der Waals surface area contributed by atoms with E-state index in [0.717, 1.165) is 28.2 Å². The summed E-state index contributed by atoms with van der Waals surface area (Å²) in [6.45, 7) is 3.97. The van der Waals surface area contributed by atoms with E-state index in [-0.39, 0.29) is 11.8 Å². The molecule has 124 valence electrons. The molecule has 4 heteroatoms. The number of aliphatic imine (C=N–C) groups is 1. The molecule has 0 fully saturated rings. The summed E-state index contributed by atoms with van der Waals surface area (Å²) in [7, 11) is 0. The lowest BCUT2D eigenvalue weighted by molar-refractivity contribution is 0.270. The van der Waals surface area contributed by atoms with Crippen LogP contribution in [-0.4, -0.2) is 27.7 Å². The minimum atomic E-state index is -0.273. The molecule has 1 atom stereocenters. The fourth-order valence-corrected chi connectivity index (χ4v) is 3.09. The Bertz CT molecular complexity index is 924. The van der Waals surface area contributed by atoms with Crippen molar-refractivity contribution < 1.29 is 5.11 Å². The van der Waals surface area contributed by atoms with E-state index in [4.69, 9.17) is 10.1 Å². The fraction of sp³-hybridized carbons (Fsp3) is 0.143. The van der Waals surface area contributed by atoms with Gasteiger partial charge in [-0.05, 0) is 25.5 Å². The van der Waals surface area contributed by atoms with Crippen LogP contribution in [-0.2, 0) is 0 Å². The average Bonchev–Trinajstić information content (AvgIpc) is 2.66. The van der Waals surface area contributed by atoms with Gasteiger partial charge >= 0.3 is 0 Å². The zero-order chi connectivity index (χ0) is 17.4. The van der Waals surface area contributed by atoms with Crippen molar-refractivity contribution in [1.29, 1.82) is 0 Å². The molecule has 25 heavy (non-hydrogen) atoms. The van der Waals surface area contributed by atoms with Crippen molar-refractivity contribution in [2.24, 2.45) is 10.1 Å². The van der Waals surface area contributed by atoms with Crippen molar-refractivity contribution in [2.75, 3.05) is 0 Å². The molecule has 0 radical (unpaired) electrons. The van der Waals surface area contributed by atoms with Crippen LogP contribution in [0.2, 0.25) is 0 Å². The summed E-state index contributed by atoms with van der Waals surface area (Å²) in [5, 5.41) is 17.3. The predicted molar refractivity (Wildman–Crippen MR) is 101 cm³/mol. The van der Waals surface area contributed by atoms with Crippen LogP contribution in [0.15, 0.2) is 88.2 Å². The number of benzene rings is 2. The molecule has 0 spiro atoms. The van der Waals surface area contributed by atoms with Crippen LogP contribution < -0.4 is 0 Å². The van der Waals surface area contributed by atoms with Gasteiger partial charge in [-0.1, -0.05) is 60.7 Å². The van der Waals surface area contributed by atoms with Crippen LogP contribution in [0.3, 0.4) is 0 Å². The molecule has 0 aromatic heterocycles. The first-order valence-corrected chi connectivity index (χ1v) is 8.34. The standard InChI is InChI=1S/C21H19N3O/c1-14-13-18(16-9-5-3-6-10-16)23-24-15(2)20(25)19(22-21(14)24)17-11-7-4-8-12-17/h3-13,15,25H,1-2H3. The van der Waals surface area contributed by atoms with Crippen molar-refractivity contribution in [3.63, 3.8) is 0 Å². The second-order valence-electron chi connectivity index (χ2n) is 6.23. The maximum absolute atomic E-state index is 10.7. The van der Waals surface area contributed by atoms with Crippen molar-refractivity contribution in [3.05, 3.63) is 89.2 Å². The largest absolute Gasteiger partial charge is 0.508 e. The van der Waals surface area contributed by atoms with Gasteiger partial charge in [0.15, 0.2) is 5.84 Å². The third kappa shape index (κ3) is 2.66. The van der Waals surface area contributed by atoms with E-state index in [1.54, 1.807) is 5.01 Å². The Balaban J connectivity index is 1.79. The second-order valence-corrected chi connectivity index (χ2v) is 6.23. The number of fused-ring (bicyclic) bond motifs is 1. The summed E-state index contributed by atoms with van der Waals surface area (Å²) in [4.78, 5) is 4.71. The number of rotatable bonds is 2. The molecule has 4 rings (SSSR count). The molecule has 1 unspecified atom stereocenters. The monoisotopic (exact) mass is 329 g/mol. The van der Waals surface area contributed by atoms with Crippen molar-refractivity contribution in [1.82, 2.24) is 5.01 Å². The average molecular weight is 329 g/mol. The molecule has 2 aromatic rings. The number of hydrogen-bond acceptors (Lipinski definition) is 4. The Morgan fingerprint density at radius 2 is 1.52 bits per heavy atom. The van der Waals surface area contributed by atoms with Gasteiger partial charge in [-0.15, -0.1) is 0 Å². The van der Waals surface area contributed by atoms with E-state index < -0.39 is 0 Å². The molecule has 2 aliphatic rings. The highest BCUT2D eigenvalue weighted by Crippen LogP contribution is 2.31. The maximum atomic E-state index is 10.7. The predicted octanol–water partition coefficient (Wildman–Crippen LogP) is 4.38. The highest BCUT2D eigenvalue weighted by Gasteiger charge is 2.32. The topological polar surface area (TPSA) is 48.2 Å². The lowest BCUT2D eigenvalue weighted by atomic mass is 10.0. The lowest BCUT2D eigenvalue weighted by Gasteiger charge is -2.34. The molecule has 2 aliphatic heterocycles. The normalized spacial score (nSPS) is 19.8. The second kappa shape index (κ2) is 6.06. The fourth-order valence-electron chi connectivity index (χ4n) is 3.09. The smallest absolute Gasteiger partial charge is 0.153 e. The van der Waals surface area contributed by atoms with Gasteiger partial charge in [0.05, 0.1) is 5.71 Å².